The number of carbonyl (C=O) groups is 1. The molecule has 2 aromatic rings. The van der Waals surface area contributed by atoms with Gasteiger partial charge in [0.2, 0.25) is 0 Å². The maximum absolute atomic E-state index is 12.5. The van der Waals surface area contributed by atoms with Gasteiger partial charge in [0.1, 0.15) is 12.0 Å². The summed E-state index contributed by atoms with van der Waals surface area (Å²) in [5.41, 5.74) is 1.12. The number of rotatable bonds is 6. The Morgan fingerprint density at radius 1 is 1.35 bits per heavy atom. The molecule has 0 saturated carbocycles. The SMILES string of the molecule is O=C(c1ccoc1)N1CCC(NCc2cc(Cl)ccc2OC(F)F)CC1. The van der Waals surface area contributed by atoms with E-state index in [1.807, 2.05) is 0 Å². The third-order valence-corrected chi connectivity index (χ3v) is 4.61. The minimum absolute atomic E-state index is 0.0420. The highest BCUT2D eigenvalue weighted by molar-refractivity contribution is 6.30. The van der Waals surface area contributed by atoms with Crippen molar-refractivity contribution in [1.82, 2.24) is 10.2 Å². The fraction of sp³-hybridized carbons (Fsp3) is 0.389. The number of halogens is 3. The number of furan rings is 1. The molecule has 1 aliphatic rings. The first kappa shape index (κ1) is 18.7. The van der Waals surface area contributed by atoms with Gasteiger partial charge in [0, 0.05) is 36.3 Å². The maximum atomic E-state index is 12.5. The van der Waals surface area contributed by atoms with Gasteiger partial charge < -0.3 is 19.4 Å². The Labute approximate surface area is 154 Å². The maximum Gasteiger partial charge on any atom is 0.387 e. The van der Waals surface area contributed by atoms with Gasteiger partial charge in [-0.05, 0) is 37.1 Å². The minimum Gasteiger partial charge on any atom is -0.472 e. The molecule has 26 heavy (non-hydrogen) atoms. The summed E-state index contributed by atoms with van der Waals surface area (Å²) in [7, 11) is 0. The second-order valence-corrected chi connectivity index (χ2v) is 6.53. The molecular weight excluding hydrogens is 366 g/mol. The highest BCUT2D eigenvalue weighted by Gasteiger charge is 2.24. The lowest BCUT2D eigenvalue weighted by atomic mass is 10.0. The van der Waals surface area contributed by atoms with Crippen molar-refractivity contribution in [3.8, 4) is 5.75 Å². The summed E-state index contributed by atoms with van der Waals surface area (Å²) in [6.45, 7) is -1.27. The molecule has 1 aromatic carbocycles. The van der Waals surface area contributed by atoms with E-state index in [1.54, 1.807) is 17.0 Å². The lowest BCUT2D eigenvalue weighted by molar-refractivity contribution is -0.0505. The molecule has 8 heteroatoms. The Kier molecular flexibility index (Phi) is 6.11. The van der Waals surface area contributed by atoms with Crippen LogP contribution >= 0.6 is 11.6 Å². The normalized spacial score (nSPS) is 15.5. The molecular formula is C18H19ClF2N2O3. The van der Waals surface area contributed by atoms with Crippen LogP contribution in [-0.4, -0.2) is 36.5 Å². The zero-order valence-corrected chi connectivity index (χ0v) is 14.7. The second kappa shape index (κ2) is 8.51. The van der Waals surface area contributed by atoms with E-state index in [2.05, 4.69) is 10.1 Å². The molecule has 1 fully saturated rings. The topological polar surface area (TPSA) is 54.7 Å². The first-order valence-corrected chi connectivity index (χ1v) is 8.69. The second-order valence-electron chi connectivity index (χ2n) is 6.09. The Balaban J connectivity index is 1.52. The predicted octanol–water partition coefficient (Wildman–Crippen LogP) is 3.93. The van der Waals surface area contributed by atoms with Crippen LogP contribution in [0.1, 0.15) is 28.8 Å². The molecule has 0 radical (unpaired) electrons. The number of amides is 1. The quantitative estimate of drug-likeness (QED) is 0.820. The number of benzene rings is 1. The summed E-state index contributed by atoms with van der Waals surface area (Å²) in [4.78, 5) is 14.1. The van der Waals surface area contributed by atoms with E-state index in [-0.39, 0.29) is 17.7 Å². The lowest BCUT2D eigenvalue weighted by Gasteiger charge is -2.32. The van der Waals surface area contributed by atoms with Crippen LogP contribution in [0, 0.1) is 0 Å². The van der Waals surface area contributed by atoms with E-state index in [0.29, 0.717) is 35.8 Å². The number of piperidine rings is 1. The zero-order chi connectivity index (χ0) is 18.5. The molecule has 0 unspecified atom stereocenters. The Morgan fingerprint density at radius 2 is 2.12 bits per heavy atom. The largest absolute Gasteiger partial charge is 0.472 e. The summed E-state index contributed by atoms with van der Waals surface area (Å²) < 4.78 is 34.5. The summed E-state index contributed by atoms with van der Waals surface area (Å²) in [6.07, 6.45) is 4.46. The van der Waals surface area contributed by atoms with E-state index in [0.717, 1.165) is 12.8 Å². The molecule has 1 aromatic heterocycles. The fourth-order valence-electron chi connectivity index (χ4n) is 3.01. The Morgan fingerprint density at radius 3 is 2.77 bits per heavy atom. The van der Waals surface area contributed by atoms with Gasteiger partial charge in [0.25, 0.3) is 5.91 Å². The smallest absolute Gasteiger partial charge is 0.387 e. The number of carbonyl (C=O) groups excluding carboxylic acids is 1. The van der Waals surface area contributed by atoms with Gasteiger partial charge in [-0.3, -0.25) is 4.79 Å². The van der Waals surface area contributed by atoms with Gasteiger partial charge in [0.15, 0.2) is 0 Å². The van der Waals surface area contributed by atoms with E-state index < -0.39 is 6.61 Å². The molecule has 1 amide bonds. The molecule has 0 aliphatic carbocycles. The van der Waals surface area contributed by atoms with Crippen molar-refractivity contribution in [2.75, 3.05) is 13.1 Å². The van der Waals surface area contributed by atoms with Crippen LogP contribution in [0.2, 0.25) is 5.02 Å². The van der Waals surface area contributed by atoms with Crippen molar-refractivity contribution in [1.29, 1.82) is 0 Å². The van der Waals surface area contributed by atoms with Gasteiger partial charge in [-0.25, -0.2) is 0 Å². The monoisotopic (exact) mass is 384 g/mol. The third kappa shape index (κ3) is 4.74. The number of nitrogens with zero attached hydrogens (tertiary/aromatic N) is 1. The molecule has 140 valence electrons. The third-order valence-electron chi connectivity index (χ3n) is 4.37. The van der Waals surface area contributed by atoms with Crippen LogP contribution in [0.4, 0.5) is 8.78 Å². The lowest BCUT2D eigenvalue weighted by Crippen LogP contribution is -2.44. The number of alkyl halides is 2. The van der Waals surface area contributed by atoms with Crippen molar-refractivity contribution in [2.24, 2.45) is 0 Å². The molecule has 1 saturated heterocycles. The molecule has 3 rings (SSSR count). The van der Waals surface area contributed by atoms with E-state index in [9.17, 15) is 13.6 Å². The first-order valence-electron chi connectivity index (χ1n) is 8.31. The van der Waals surface area contributed by atoms with Crippen LogP contribution in [-0.2, 0) is 6.54 Å². The summed E-state index contributed by atoms with van der Waals surface area (Å²) >= 11 is 5.96. The molecule has 2 heterocycles. The van der Waals surface area contributed by atoms with Crippen molar-refractivity contribution in [3.63, 3.8) is 0 Å². The molecule has 5 nitrogen and oxygen atoms in total. The van der Waals surface area contributed by atoms with Gasteiger partial charge >= 0.3 is 6.61 Å². The standard InChI is InChI=1S/C18H19ClF2N2O3/c19-14-1-2-16(26-18(20)21)13(9-14)10-22-15-3-6-23(7-4-15)17(24)12-5-8-25-11-12/h1-2,5,8-9,11,15,18,22H,3-4,6-7,10H2. The summed E-state index contributed by atoms with van der Waals surface area (Å²) in [6, 6.07) is 6.41. The van der Waals surface area contributed by atoms with E-state index in [4.69, 9.17) is 16.0 Å². The minimum atomic E-state index is -2.88. The molecule has 0 bridgehead atoms. The number of ether oxygens (including phenoxy) is 1. The number of hydrogen-bond acceptors (Lipinski definition) is 4. The molecule has 1 N–H and O–H groups in total. The van der Waals surface area contributed by atoms with Crippen molar-refractivity contribution < 1.29 is 22.7 Å². The molecule has 0 atom stereocenters. The van der Waals surface area contributed by atoms with Crippen molar-refractivity contribution in [2.45, 2.75) is 32.0 Å². The van der Waals surface area contributed by atoms with Crippen LogP contribution in [0.25, 0.3) is 0 Å². The highest BCUT2D eigenvalue weighted by Crippen LogP contribution is 2.25. The summed E-state index contributed by atoms with van der Waals surface area (Å²) in [5.74, 6) is 0.0733. The zero-order valence-electron chi connectivity index (χ0n) is 14.0. The van der Waals surface area contributed by atoms with E-state index in [1.165, 1.54) is 24.7 Å². The van der Waals surface area contributed by atoms with Gasteiger partial charge in [0.05, 0.1) is 11.8 Å². The Bertz CT molecular complexity index is 732. The number of hydrogen-bond donors (Lipinski definition) is 1. The van der Waals surface area contributed by atoms with E-state index >= 15 is 0 Å². The first-order chi connectivity index (χ1) is 12.5. The van der Waals surface area contributed by atoms with Crippen molar-refractivity contribution >= 4 is 17.5 Å². The van der Waals surface area contributed by atoms with Crippen molar-refractivity contribution in [3.05, 3.63) is 52.9 Å². The Hall–Kier alpha value is -2.12. The van der Waals surface area contributed by atoms with Gasteiger partial charge in [-0.2, -0.15) is 8.78 Å². The van der Waals surface area contributed by atoms with Gasteiger partial charge in [-0.15, -0.1) is 0 Å². The fourth-order valence-corrected chi connectivity index (χ4v) is 3.20. The average Bonchev–Trinajstić information content (AvgIpc) is 3.16. The average molecular weight is 385 g/mol. The molecule has 0 spiro atoms. The molecule has 1 aliphatic heterocycles. The van der Waals surface area contributed by atoms with Gasteiger partial charge in [-0.1, -0.05) is 11.6 Å². The number of nitrogens with one attached hydrogen (secondary N) is 1. The van der Waals surface area contributed by atoms with Crippen LogP contribution in [0.3, 0.4) is 0 Å². The number of likely N-dealkylation sites (tertiary alicyclic amines) is 1. The predicted molar refractivity (Wildman–Crippen MR) is 92.6 cm³/mol. The van der Waals surface area contributed by atoms with Crippen LogP contribution in [0.5, 0.6) is 5.75 Å². The summed E-state index contributed by atoms with van der Waals surface area (Å²) in [5, 5.41) is 3.79. The highest BCUT2D eigenvalue weighted by atomic mass is 35.5. The van der Waals surface area contributed by atoms with Crippen LogP contribution in [0.15, 0.2) is 41.2 Å². The van der Waals surface area contributed by atoms with Crippen LogP contribution < -0.4 is 10.1 Å².